The average molecular weight is 331 g/mol. The highest BCUT2D eigenvalue weighted by Crippen LogP contribution is 2.29. The predicted molar refractivity (Wildman–Crippen MR) is 97.3 cm³/mol. The van der Waals surface area contributed by atoms with Gasteiger partial charge >= 0.3 is 6.03 Å². The summed E-state index contributed by atoms with van der Waals surface area (Å²) in [6.45, 7) is 6.92. The molecular weight excluding hydrogens is 308 g/mol. The van der Waals surface area contributed by atoms with Crippen LogP contribution in [0.2, 0.25) is 5.02 Å². The third kappa shape index (κ3) is 5.00. The lowest BCUT2D eigenvalue weighted by Crippen LogP contribution is -2.31. The summed E-state index contributed by atoms with van der Waals surface area (Å²) < 4.78 is 0. The number of carbonyl (C=O) groups excluding carboxylic acids is 1. The molecule has 2 rings (SSSR count). The first kappa shape index (κ1) is 17.4. The standard InChI is InChI=1S/C19H23ClN2O/c1-19(2,3)15-9-5-7-11-17(15)22-18(23)21-13-12-14-8-4-6-10-16(14)20/h4-11H,12-13H2,1-3H3,(H2,21,22,23). The first-order valence-electron chi connectivity index (χ1n) is 7.75. The average Bonchev–Trinajstić information content (AvgIpc) is 2.49. The molecule has 0 atom stereocenters. The number of urea groups is 1. The first-order valence-corrected chi connectivity index (χ1v) is 8.13. The Balaban J connectivity index is 1.92. The van der Waals surface area contributed by atoms with Crippen LogP contribution in [0.15, 0.2) is 48.5 Å². The maximum Gasteiger partial charge on any atom is 0.319 e. The molecule has 0 saturated carbocycles. The van der Waals surface area contributed by atoms with E-state index in [1.807, 2.05) is 48.5 Å². The van der Waals surface area contributed by atoms with E-state index in [0.717, 1.165) is 21.8 Å². The van der Waals surface area contributed by atoms with E-state index >= 15 is 0 Å². The zero-order valence-corrected chi connectivity index (χ0v) is 14.6. The second kappa shape index (κ2) is 7.51. The molecule has 2 aromatic rings. The smallest absolute Gasteiger partial charge is 0.319 e. The van der Waals surface area contributed by atoms with Gasteiger partial charge in [0.2, 0.25) is 0 Å². The predicted octanol–water partition coefficient (Wildman–Crippen LogP) is 5.00. The minimum absolute atomic E-state index is 0.0264. The van der Waals surface area contributed by atoms with Crippen LogP contribution >= 0.6 is 11.6 Å². The molecule has 0 unspecified atom stereocenters. The van der Waals surface area contributed by atoms with Gasteiger partial charge in [-0.2, -0.15) is 0 Å². The second-order valence-corrected chi connectivity index (χ2v) is 6.93. The molecule has 0 bridgehead atoms. The Bertz CT molecular complexity index is 677. The van der Waals surface area contributed by atoms with E-state index in [2.05, 4.69) is 31.4 Å². The Labute approximate surface area is 143 Å². The van der Waals surface area contributed by atoms with Gasteiger partial charge in [-0.1, -0.05) is 68.8 Å². The van der Waals surface area contributed by atoms with Gasteiger partial charge in [-0.15, -0.1) is 0 Å². The summed E-state index contributed by atoms with van der Waals surface area (Å²) in [5.41, 5.74) is 2.96. The number of amides is 2. The third-order valence-electron chi connectivity index (χ3n) is 3.62. The Kier molecular flexibility index (Phi) is 5.67. The van der Waals surface area contributed by atoms with Gasteiger partial charge in [0.25, 0.3) is 0 Å². The van der Waals surface area contributed by atoms with Gasteiger partial charge in [0.15, 0.2) is 0 Å². The van der Waals surface area contributed by atoms with Crippen LogP contribution in [0.3, 0.4) is 0 Å². The van der Waals surface area contributed by atoms with Crippen LogP contribution in [0.25, 0.3) is 0 Å². The number of benzene rings is 2. The maximum atomic E-state index is 12.1. The molecule has 3 nitrogen and oxygen atoms in total. The zero-order chi connectivity index (χ0) is 16.9. The maximum absolute atomic E-state index is 12.1. The van der Waals surface area contributed by atoms with Crippen LogP contribution < -0.4 is 10.6 Å². The van der Waals surface area contributed by atoms with Gasteiger partial charge in [-0.3, -0.25) is 0 Å². The fourth-order valence-corrected chi connectivity index (χ4v) is 2.65. The van der Waals surface area contributed by atoms with Crippen LogP contribution in [0.4, 0.5) is 10.5 Å². The van der Waals surface area contributed by atoms with E-state index in [-0.39, 0.29) is 11.4 Å². The summed E-state index contributed by atoms with van der Waals surface area (Å²) in [7, 11) is 0. The summed E-state index contributed by atoms with van der Waals surface area (Å²) >= 11 is 6.11. The Morgan fingerprint density at radius 2 is 1.70 bits per heavy atom. The highest BCUT2D eigenvalue weighted by atomic mass is 35.5. The monoisotopic (exact) mass is 330 g/mol. The number of nitrogens with one attached hydrogen (secondary N) is 2. The second-order valence-electron chi connectivity index (χ2n) is 6.52. The molecule has 0 fully saturated rings. The minimum atomic E-state index is -0.200. The fraction of sp³-hybridized carbons (Fsp3) is 0.316. The molecule has 23 heavy (non-hydrogen) atoms. The van der Waals surface area contributed by atoms with Gasteiger partial charge in [0.05, 0.1) is 0 Å². The van der Waals surface area contributed by atoms with Crippen LogP contribution in [0.1, 0.15) is 31.9 Å². The SMILES string of the molecule is CC(C)(C)c1ccccc1NC(=O)NCCc1ccccc1Cl. The van der Waals surface area contributed by atoms with Crippen LogP contribution in [-0.2, 0) is 11.8 Å². The normalized spacial score (nSPS) is 11.1. The van der Waals surface area contributed by atoms with Gasteiger partial charge in [-0.25, -0.2) is 4.79 Å². The Morgan fingerprint density at radius 1 is 1.04 bits per heavy atom. The molecule has 0 radical (unpaired) electrons. The molecule has 0 aromatic heterocycles. The van der Waals surface area contributed by atoms with Crippen molar-refractivity contribution in [3.05, 3.63) is 64.7 Å². The number of para-hydroxylation sites is 1. The molecule has 0 aliphatic rings. The van der Waals surface area contributed by atoms with E-state index in [0.29, 0.717) is 13.0 Å². The Hall–Kier alpha value is -2.00. The summed E-state index contributed by atoms with van der Waals surface area (Å²) in [5, 5.41) is 6.54. The largest absolute Gasteiger partial charge is 0.338 e. The molecule has 0 saturated heterocycles. The number of hydrogen-bond acceptors (Lipinski definition) is 1. The Morgan fingerprint density at radius 3 is 2.39 bits per heavy atom. The molecule has 4 heteroatoms. The summed E-state index contributed by atoms with van der Waals surface area (Å²) in [5.74, 6) is 0. The van der Waals surface area contributed by atoms with E-state index in [9.17, 15) is 4.79 Å². The van der Waals surface area contributed by atoms with Crippen LogP contribution in [-0.4, -0.2) is 12.6 Å². The van der Waals surface area contributed by atoms with E-state index in [4.69, 9.17) is 11.6 Å². The topological polar surface area (TPSA) is 41.1 Å². The highest BCUT2D eigenvalue weighted by Gasteiger charge is 2.18. The molecule has 0 aliphatic heterocycles. The molecule has 122 valence electrons. The molecule has 0 heterocycles. The fourth-order valence-electron chi connectivity index (χ4n) is 2.42. The third-order valence-corrected chi connectivity index (χ3v) is 3.99. The number of anilines is 1. The van der Waals surface area contributed by atoms with Gasteiger partial charge in [-0.05, 0) is 35.1 Å². The molecule has 2 amide bonds. The summed E-state index contributed by atoms with van der Waals surface area (Å²) in [6.07, 6.45) is 0.702. The number of carbonyl (C=O) groups is 1. The van der Waals surface area contributed by atoms with E-state index < -0.39 is 0 Å². The van der Waals surface area contributed by atoms with Crippen molar-refractivity contribution in [3.63, 3.8) is 0 Å². The number of rotatable bonds is 4. The van der Waals surface area contributed by atoms with E-state index in [1.54, 1.807) is 0 Å². The highest BCUT2D eigenvalue weighted by molar-refractivity contribution is 6.31. The van der Waals surface area contributed by atoms with Crippen molar-refractivity contribution in [2.75, 3.05) is 11.9 Å². The van der Waals surface area contributed by atoms with Crippen LogP contribution in [0, 0.1) is 0 Å². The van der Waals surface area contributed by atoms with Crippen molar-refractivity contribution in [2.45, 2.75) is 32.6 Å². The molecular formula is C19H23ClN2O. The van der Waals surface area contributed by atoms with Crippen molar-refractivity contribution in [2.24, 2.45) is 0 Å². The van der Waals surface area contributed by atoms with Crippen molar-refractivity contribution in [1.29, 1.82) is 0 Å². The van der Waals surface area contributed by atoms with Gasteiger partial charge in [0.1, 0.15) is 0 Å². The molecule has 0 aliphatic carbocycles. The number of halogens is 1. The quantitative estimate of drug-likeness (QED) is 0.813. The van der Waals surface area contributed by atoms with Crippen molar-refractivity contribution in [1.82, 2.24) is 5.32 Å². The molecule has 2 aromatic carbocycles. The summed E-state index contributed by atoms with van der Waals surface area (Å²) in [4.78, 5) is 12.1. The molecule has 2 N–H and O–H groups in total. The lowest BCUT2D eigenvalue weighted by molar-refractivity contribution is 0.252. The zero-order valence-electron chi connectivity index (χ0n) is 13.8. The first-order chi connectivity index (χ1) is 10.9. The van der Waals surface area contributed by atoms with Crippen molar-refractivity contribution >= 4 is 23.3 Å². The lowest BCUT2D eigenvalue weighted by Gasteiger charge is -2.23. The van der Waals surface area contributed by atoms with Gasteiger partial charge < -0.3 is 10.6 Å². The van der Waals surface area contributed by atoms with Crippen LogP contribution in [0.5, 0.6) is 0 Å². The van der Waals surface area contributed by atoms with E-state index in [1.165, 1.54) is 0 Å². The van der Waals surface area contributed by atoms with Crippen molar-refractivity contribution < 1.29 is 4.79 Å². The summed E-state index contributed by atoms with van der Waals surface area (Å²) in [6, 6.07) is 15.3. The lowest BCUT2D eigenvalue weighted by atomic mass is 9.86. The van der Waals surface area contributed by atoms with Crippen molar-refractivity contribution in [3.8, 4) is 0 Å². The van der Waals surface area contributed by atoms with Gasteiger partial charge in [0, 0.05) is 17.3 Å². The minimum Gasteiger partial charge on any atom is -0.338 e. The molecule has 0 spiro atoms. The number of hydrogen-bond donors (Lipinski definition) is 2.